The number of hydrogen-bond donors (Lipinski definition) is 2. The Hall–Kier alpha value is -2.56. The van der Waals surface area contributed by atoms with Crippen molar-refractivity contribution < 1.29 is 81.0 Å². The van der Waals surface area contributed by atoms with Crippen LogP contribution in [0.4, 0.5) is 4.79 Å². The van der Waals surface area contributed by atoms with E-state index < -0.39 is 12.1 Å². The minimum absolute atomic E-state index is 0.00757. The van der Waals surface area contributed by atoms with Crippen LogP contribution in [0.2, 0.25) is 0 Å². The second kappa shape index (κ2) is 42.6. The number of carboxylic acids is 1. The van der Waals surface area contributed by atoms with Crippen LogP contribution >= 0.6 is 0 Å². The summed E-state index contributed by atoms with van der Waals surface area (Å²) in [5.41, 5.74) is 0.933. The number of hydrogen-bond acceptors (Lipinski definition) is 16. The van der Waals surface area contributed by atoms with Gasteiger partial charge in [0.15, 0.2) is 0 Å². The lowest BCUT2D eigenvalue weighted by Crippen LogP contribution is -2.28. The molecule has 0 atom stereocenters. The van der Waals surface area contributed by atoms with Gasteiger partial charge >= 0.3 is 12.1 Å². The molecule has 0 bridgehead atoms. The normalized spacial score (nSPS) is 11.3. The molecule has 0 aliphatic carbocycles. The van der Waals surface area contributed by atoms with E-state index in [0.717, 1.165) is 5.56 Å². The van der Waals surface area contributed by atoms with Crippen LogP contribution < -0.4 is 5.32 Å². The van der Waals surface area contributed by atoms with Crippen molar-refractivity contribution in [1.29, 1.82) is 0 Å². The van der Waals surface area contributed by atoms with Crippen molar-refractivity contribution in [2.75, 3.05) is 178 Å². The lowest BCUT2D eigenvalue weighted by Gasteiger charge is -2.09. The van der Waals surface area contributed by atoms with Gasteiger partial charge in [-0.1, -0.05) is 30.3 Å². The minimum atomic E-state index is -0.878. The molecule has 18 nitrogen and oxygen atoms in total. The van der Waals surface area contributed by atoms with Gasteiger partial charge < -0.3 is 76.7 Å². The molecule has 0 saturated carbocycles. The van der Waals surface area contributed by atoms with E-state index in [0.29, 0.717) is 172 Å². The molecule has 55 heavy (non-hydrogen) atoms. The van der Waals surface area contributed by atoms with E-state index >= 15 is 0 Å². The van der Waals surface area contributed by atoms with Crippen molar-refractivity contribution >= 4 is 12.1 Å². The first-order chi connectivity index (χ1) is 27.2. The van der Waals surface area contributed by atoms with Crippen molar-refractivity contribution in [3.8, 4) is 0 Å². The van der Waals surface area contributed by atoms with Crippen LogP contribution in [0.5, 0.6) is 0 Å². The Labute approximate surface area is 325 Å². The average Bonchev–Trinajstić information content (AvgIpc) is 3.19. The van der Waals surface area contributed by atoms with E-state index in [2.05, 4.69) is 5.32 Å². The van der Waals surface area contributed by atoms with Crippen molar-refractivity contribution in [2.45, 2.75) is 13.0 Å². The molecule has 0 fully saturated rings. The molecule has 0 heterocycles. The number of carbonyl (C=O) groups is 2. The van der Waals surface area contributed by atoms with Crippen molar-refractivity contribution in [3.05, 3.63) is 35.9 Å². The average molecular weight is 796 g/mol. The van der Waals surface area contributed by atoms with Gasteiger partial charge in [0.1, 0.15) is 6.61 Å². The molecule has 0 spiro atoms. The summed E-state index contributed by atoms with van der Waals surface area (Å²) in [5, 5.41) is 11.1. The summed E-state index contributed by atoms with van der Waals surface area (Å²) in [6, 6.07) is 9.49. The van der Waals surface area contributed by atoms with E-state index in [1.54, 1.807) is 0 Å². The SMILES string of the molecule is O=C(O)CCOCCOCCOCCOCCOCCOCCOCCOCCOCCOCCOCCOCCOCCNC(=O)OCc1ccccc1. The molecule has 320 valence electrons. The zero-order valence-corrected chi connectivity index (χ0v) is 32.4. The van der Waals surface area contributed by atoms with E-state index in [9.17, 15) is 9.59 Å². The van der Waals surface area contributed by atoms with Crippen molar-refractivity contribution in [1.82, 2.24) is 5.32 Å². The smallest absolute Gasteiger partial charge is 0.407 e. The molecule has 2 N–H and O–H groups in total. The van der Waals surface area contributed by atoms with Gasteiger partial charge in [-0.2, -0.15) is 0 Å². The highest BCUT2D eigenvalue weighted by Gasteiger charge is 2.02. The summed E-state index contributed by atoms with van der Waals surface area (Å²) in [5.74, 6) is -0.878. The Bertz CT molecular complexity index is 950. The number of carboxylic acid groups (broad SMARTS) is 1. The first kappa shape index (κ1) is 50.5. The largest absolute Gasteiger partial charge is 0.481 e. The Morgan fingerprint density at radius 3 is 0.964 bits per heavy atom. The molecule has 0 saturated heterocycles. The van der Waals surface area contributed by atoms with Crippen LogP contribution in [0.25, 0.3) is 0 Å². The number of alkyl carbamates (subject to hydrolysis) is 1. The maximum absolute atomic E-state index is 11.7. The zero-order chi connectivity index (χ0) is 39.4. The van der Waals surface area contributed by atoms with Gasteiger partial charge in [0, 0.05) is 6.54 Å². The topological polar surface area (TPSA) is 196 Å². The van der Waals surface area contributed by atoms with Crippen LogP contribution in [0.3, 0.4) is 0 Å². The Kier molecular flexibility index (Phi) is 39.1. The number of nitrogens with one attached hydrogen (secondary N) is 1. The number of benzene rings is 1. The van der Waals surface area contributed by atoms with E-state index in [1.807, 2.05) is 30.3 Å². The molecule has 0 aliphatic heterocycles. The fraction of sp³-hybridized carbons (Fsp3) is 0.784. The van der Waals surface area contributed by atoms with Crippen LogP contribution in [0, 0.1) is 0 Å². The maximum Gasteiger partial charge on any atom is 0.407 e. The summed E-state index contributed by atoms with van der Waals surface area (Å²) in [6.07, 6.45) is -0.482. The van der Waals surface area contributed by atoms with E-state index in [-0.39, 0.29) is 19.6 Å². The highest BCUT2D eigenvalue weighted by atomic mass is 16.6. The first-order valence-electron chi connectivity index (χ1n) is 18.9. The standard InChI is InChI=1S/C37H65NO17/c39-36(40)6-8-42-10-12-44-14-16-46-18-20-48-22-24-50-26-28-52-30-32-54-33-31-53-29-27-51-25-23-49-21-19-47-17-15-45-13-11-43-9-7-38-37(41)55-34-35-4-2-1-3-5-35/h1-5H,6-34H2,(H,38,41)(H,39,40). The molecular weight excluding hydrogens is 730 g/mol. The maximum atomic E-state index is 11.7. The van der Waals surface area contributed by atoms with Gasteiger partial charge in [-0.25, -0.2) is 4.79 Å². The highest BCUT2D eigenvalue weighted by Crippen LogP contribution is 2.00. The minimum Gasteiger partial charge on any atom is -0.481 e. The number of carbonyl (C=O) groups excluding carboxylic acids is 1. The van der Waals surface area contributed by atoms with Crippen LogP contribution in [0.1, 0.15) is 12.0 Å². The van der Waals surface area contributed by atoms with Gasteiger partial charge in [0.05, 0.1) is 178 Å². The summed E-state index contributed by atoms with van der Waals surface area (Å²) >= 11 is 0. The Morgan fingerprint density at radius 1 is 0.400 bits per heavy atom. The van der Waals surface area contributed by atoms with Gasteiger partial charge in [0.25, 0.3) is 0 Å². The van der Waals surface area contributed by atoms with Gasteiger partial charge in [-0.15, -0.1) is 0 Å². The van der Waals surface area contributed by atoms with E-state index in [4.69, 9.17) is 71.4 Å². The van der Waals surface area contributed by atoms with Crippen LogP contribution in [0.15, 0.2) is 30.3 Å². The molecule has 1 aromatic rings. The number of amides is 1. The molecule has 0 aliphatic rings. The van der Waals surface area contributed by atoms with Crippen molar-refractivity contribution in [3.63, 3.8) is 0 Å². The molecule has 0 aromatic heterocycles. The summed E-state index contributed by atoms with van der Waals surface area (Å²) < 4.78 is 75.6. The van der Waals surface area contributed by atoms with Crippen LogP contribution in [-0.4, -0.2) is 195 Å². The van der Waals surface area contributed by atoms with Gasteiger partial charge in [-0.05, 0) is 5.56 Å². The Balaban J connectivity index is 1.62. The summed E-state index contributed by atoms with van der Waals surface area (Å²) in [6.45, 7) is 12.2. The van der Waals surface area contributed by atoms with E-state index in [1.165, 1.54) is 0 Å². The second-order valence-corrected chi connectivity index (χ2v) is 11.1. The first-order valence-corrected chi connectivity index (χ1v) is 18.9. The molecule has 1 rings (SSSR count). The lowest BCUT2D eigenvalue weighted by molar-refractivity contribution is -0.138. The number of aliphatic carboxylic acids is 1. The summed E-state index contributed by atoms with van der Waals surface area (Å²) in [7, 11) is 0. The molecular formula is C37H65NO17. The molecule has 1 aromatic carbocycles. The number of rotatable bonds is 44. The Morgan fingerprint density at radius 2 is 0.673 bits per heavy atom. The second-order valence-electron chi connectivity index (χ2n) is 11.1. The molecule has 0 radical (unpaired) electrons. The van der Waals surface area contributed by atoms with Gasteiger partial charge in [0.2, 0.25) is 0 Å². The molecule has 0 unspecified atom stereocenters. The monoisotopic (exact) mass is 795 g/mol. The lowest BCUT2D eigenvalue weighted by atomic mass is 10.2. The molecule has 18 heteroatoms. The fourth-order valence-electron chi connectivity index (χ4n) is 3.90. The predicted octanol–water partition coefficient (Wildman–Crippen LogP) is 1.60. The molecule has 1 amide bonds. The van der Waals surface area contributed by atoms with Crippen LogP contribution in [-0.2, 0) is 77.7 Å². The van der Waals surface area contributed by atoms with Crippen molar-refractivity contribution in [2.24, 2.45) is 0 Å². The third-order valence-electron chi connectivity index (χ3n) is 6.65. The highest BCUT2D eigenvalue weighted by molar-refractivity contribution is 5.67. The summed E-state index contributed by atoms with van der Waals surface area (Å²) in [4.78, 5) is 22.0. The predicted molar refractivity (Wildman–Crippen MR) is 198 cm³/mol. The quantitative estimate of drug-likeness (QED) is 0.0904. The third-order valence-corrected chi connectivity index (χ3v) is 6.65. The zero-order valence-electron chi connectivity index (χ0n) is 32.4. The third kappa shape index (κ3) is 40.9. The number of ether oxygens (including phenoxy) is 14. The fourth-order valence-corrected chi connectivity index (χ4v) is 3.90. The van der Waals surface area contributed by atoms with Gasteiger partial charge in [-0.3, -0.25) is 4.79 Å².